The molecule has 0 saturated carbocycles. The summed E-state index contributed by atoms with van der Waals surface area (Å²) >= 11 is 8.11. The molecule has 0 saturated heterocycles. The number of hydrogen-bond donors (Lipinski definition) is 2. The number of benzene rings is 1. The topological polar surface area (TPSA) is 80.4 Å². The fraction of sp³-hybridized carbons (Fsp3) is 0.360. The number of thiophene rings is 1. The molecule has 2 N–H and O–H groups in total. The lowest BCUT2D eigenvalue weighted by Gasteiger charge is -2.13. The van der Waals surface area contributed by atoms with Crippen LogP contribution in [-0.4, -0.2) is 21.6 Å². The second-order valence-corrected chi connectivity index (χ2v) is 9.76. The molecule has 8 heteroatoms. The smallest absolute Gasteiger partial charge is 0.181 e. The molecule has 0 amide bonds. The fourth-order valence-corrected chi connectivity index (χ4v) is 5.72. The molecule has 3 aromatic heterocycles. The summed E-state index contributed by atoms with van der Waals surface area (Å²) in [7, 11) is 0. The normalized spacial score (nSPS) is 16.2. The predicted octanol–water partition coefficient (Wildman–Crippen LogP) is 6.22. The second kappa shape index (κ2) is 9.43. The van der Waals surface area contributed by atoms with Crippen molar-refractivity contribution >= 4 is 33.2 Å². The number of oxazole rings is 1. The average Bonchev–Trinajstić information content (AvgIpc) is 3.55. The minimum atomic E-state index is -0.492. The van der Waals surface area contributed by atoms with E-state index in [-0.39, 0.29) is 6.10 Å². The Morgan fingerprint density at radius 2 is 2.12 bits per heavy atom. The maximum absolute atomic E-state index is 10.3. The highest BCUT2D eigenvalue weighted by Gasteiger charge is 2.32. The fourth-order valence-electron chi connectivity index (χ4n) is 4.26. The Morgan fingerprint density at radius 1 is 1.24 bits per heavy atom. The average molecular weight is 484 g/mol. The summed E-state index contributed by atoms with van der Waals surface area (Å²) in [6.07, 6.45) is 4.91. The maximum Gasteiger partial charge on any atom is 0.181 e. The molecule has 172 valence electrons. The molecule has 1 aliphatic heterocycles. The molecule has 2 atom stereocenters. The number of aliphatic hydroxyl groups excluding tert-OH is 1. The van der Waals surface area contributed by atoms with Crippen LogP contribution in [0.4, 0.5) is 0 Å². The lowest BCUT2D eigenvalue weighted by atomic mass is 10.0. The van der Waals surface area contributed by atoms with Gasteiger partial charge in [-0.05, 0) is 43.7 Å². The van der Waals surface area contributed by atoms with Gasteiger partial charge in [-0.3, -0.25) is 4.98 Å². The zero-order valence-electron chi connectivity index (χ0n) is 18.6. The van der Waals surface area contributed by atoms with Gasteiger partial charge in [0.25, 0.3) is 0 Å². The summed E-state index contributed by atoms with van der Waals surface area (Å²) in [5, 5.41) is 14.4. The first-order chi connectivity index (χ1) is 16.1. The van der Waals surface area contributed by atoms with E-state index in [0.717, 1.165) is 62.0 Å². The van der Waals surface area contributed by atoms with E-state index in [9.17, 15) is 5.11 Å². The maximum atomic E-state index is 10.3. The minimum absolute atomic E-state index is 0.253. The summed E-state index contributed by atoms with van der Waals surface area (Å²) < 4.78 is 13.2. The van der Waals surface area contributed by atoms with E-state index in [1.165, 1.54) is 6.39 Å². The number of hydrogen-bond acceptors (Lipinski definition) is 7. The Labute approximate surface area is 201 Å². The standard InChI is InChI=1S/C25H26ClN3O3S/c1-3-6-27-12-19-24(31-13-29-19)21-9-14-8-15(26)10-17(23(14)32-21)16-5-7-28-18-11-22(20(30)4-2)33-25(16)18/h5,7-8,10-11,13,20-21,27,30H,3-4,6,9,12H2,1-2H3. The Bertz CT molecular complexity index is 1290. The van der Waals surface area contributed by atoms with E-state index < -0.39 is 6.10 Å². The molecule has 5 rings (SSSR count). The number of nitrogens with zero attached hydrogens (tertiary/aromatic N) is 2. The molecule has 0 spiro atoms. The molecule has 33 heavy (non-hydrogen) atoms. The quantitative estimate of drug-likeness (QED) is 0.289. The van der Waals surface area contributed by atoms with Crippen molar-refractivity contribution in [2.45, 2.75) is 51.9 Å². The van der Waals surface area contributed by atoms with Gasteiger partial charge in [-0.25, -0.2) is 4.98 Å². The van der Waals surface area contributed by atoms with Crippen LogP contribution in [0.1, 0.15) is 60.8 Å². The van der Waals surface area contributed by atoms with Crippen molar-refractivity contribution in [3.8, 4) is 16.9 Å². The van der Waals surface area contributed by atoms with Crippen LogP contribution in [0.2, 0.25) is 5.02 Å². The van der Waals surface area contributed by atoms with Crippen molar-refractivity contribution in [3.63, 3.8) is 0 Å². The van der Waals surface area contributed by atoms with Crippen molar-refractivity contribution in [2.24, 2.45) is 0 Å². The zero-order chi connectivity index (χ0) is 22.9. The third kappa shape index (κ3) is 4.26. The van der Waals surface area contributed by atoms with Crippen LogP contribution < -0.4 is 10.1 Å². The number of ether oxygens (including phenoxy) is 1. The van der Waals surface area contributed by atoms with Gasteiger partial charge in [-0.15, -0.1) is 11.3 Å². The Balaban J connectivity index is 1.52. The van der Waals surface area contributed by atoms with Gasteiger partial charge < -0.3 is 19.6 Å². The van der Waals surface area contributed by atoms with E-state index in [4.69, 9.17) is 20.8 Å². The number of aliphatic hydroxyl groups is 1. The molecule has 0 radical (unpaired) electrons. The number of pyridine rings is 1. The predicted molar refractivity (Wildman–Crippen MR) is 131 cm³/mol. The summed E-state index contributed by atoms with van der Waals surface area (Å²) in [6.45, 7) is 5.67. The molecule has 1 aromatic carbocycles. The Hall–Kier alpha value is -2.45. The van der Waals surface area contributed by atoms with Crippen LogP contribution in [0.3, 0.4) is 0 Å². The number of fused-ring (bicyclic) bond motifs is 2. The second-order valence-electron chi connectivity index (χ2n) is 8.24. The molecule has 0 fully saturated rings. The van der Waals surface area contributed by atoms with Crippen molar-refractivity contribution in [1.82, 2.24) is 15.3 Å². The Morgan fingerprint density at radius 3 is 2.94 bits per heavy atom. The first kappa shape index (κ1) is 22.3. The molecular weight excluding hydrogens is 458 g/mol. The van der Waals surface area contributed by atoms with Crippen molar-refractivity contribution < 1.29 is 14.3 Å². The largest absolute Gasteiger partial charge is 0.481 e. The van der Waals surface area contributed by atoms with E-state index in [0.29, 0.717) is 24.4 Å². The van der Waals surface area contributed by atoms with Crippen LogP contribution in [0.25, 0.3) is 21.3 Å². The van der Waals surface area contributed by atoms with Gasteiger partial charge in [0, 0.05) is 45.8 Å². The van der Waals surface area contributed by atoms with Gasteiger partial charge in [-0.1, -0.05) is 25.4 Å². The van der Waals surface area contributed by atoms with E-state index >= 15 is 0 Å². The van der Waals surface area contributed by atoms with E-state index in [2.05, 4.69) is 22.2 Å². The van der Waals surface area contributed by atoms with E-state index in [1.807, 2.05) is 31.2 Å². The molecule has 0 bridgehead atoms. The van der Waals surface area contributed by atoms with E-state index in [1.54, 1.807) is 17.5 Å². The van der Waals surface area contributed by atoms with Gasteiger partial charge >= 0.3 is 0 Å². The van der Waals surface area contributed by atoms with Crippen molar-refractivity contribution in [1.29, 1.82) is 0 Å². The molecule has 1 aliphatic rings. The molecule has 2 unspecified atom stereocenters. The monoisotopic (exact) mass is 483 g/mol. The summed E-state index contributed by atoms with van der Waals surface area (Å²) in [6, 6.07) is 7.86. The Kier molecular flexibility index (Phi) is 6.38. The lowest BCUT2D eigenvalue weighted by molar-refractivity contribution is 0.177. The number of nitrogens with one attached hydrogen (secondary N) is 1. The van der Waals surface area contributed by atoms with Crippen LogP contribution >= 0.6 is 22.9 Å². The summed E-state index contributed by atoms with van der Waals surface area (Å²) in [5.41, 5.74) is 4.71. The zero-order valence-corrected chi connectivity index (χ0v) is 20.2. The van der Waals surface area contributed by atoms with Crippen LogP contribution in [0.5, 0.6) is 5.75 Å². The summed E-state index contributed by atoms with van der Waals surface area (Å²) in [5.74, 6) is 1.56. The molecule has 4 heterocycles. The van der Waals surface area contributed by atoms with Crippen molar-refractivity contribution in [3.05, 3.63) is 63.8 Å². The summed E-state index contributed by atoms with van der Waals surface area (Å²) in [4.78, 5) is 9.83. The third-order valence-corrected chi connectivity index (χ3v) is 7.39. The van der Waals surface area contributed by atoms with Crippen LogP contribution in [-0.2, 0) is 13.0 Å². The van der Waals surface area contributed by atoms with Crippen molar-refractivity contribution in [2.75, 3.05) is 6.54 Å². The highest BCUT2D eigenvalue weighted by Crippen LogP contribution is 2.48. The van der Waals surface area contributed by atoms with Gasteiger partial charge in [-0.2, -0.15) is 0 Å². The minimum Gasteiger partial charge on any atom is -0.481 e. The first-order valence-electron chi connectivity index (χ1n) is 11.3. The lowest BCUT2D eigenvalue weighted by Crippen LogP contribution is -2.16. The molecule has 4 aromatic rings. The molecular formula is C25H26ClN3O3S. The highest BCUT2D eigenvalue weighted by atomic mass is 35.5. The van der Waals surface area contributed by atoms with Crippen LogP contribution in [0, 0.1) is 0 Å². The van der Waals surface area contributed by atoms with Gasteiger partial charge in [0.1, 0.15) is 5.75 Å². The molecule has 6 nitrogen and oxygen atoms in total. The number of halogens is 1. The SMILES string of the molecule is CCCNCc1ncoc1C1Cc2cc(Cl)cc(-c3ccnc4cc(C(O)CC)sc34)c2O1. The highest BCUT2D eigenvalue weighted by molar-refractivity contribution is 7.19. The van der Waals surface area contributed by atoms with Gasteiger partial charge in [0.15, 0.2) is 18.3 Å². The number of rotatable bonds is 8. The molecule has 0 aliphatic carbocycles. The van der Waals surface area contributed by atoms with Crippen LogP contribution in [0.15, 0.2) is 41.3 Å². The first-order valence-corrected chi connectivity index (χ1v) is 12.5. The number of aromatic nitrogens is 2. The van der Waals surface area contributed by atoms with Gasteiger partial charge in [0.2, 0.25) is 0 Å². The third-order valence-electron chi connectivity index (χ3n) is 5.92. The van der Waals surface area contributed by atoms with Gasteiger partial charge in [0.05, 0.1) is 22.0 Å².